The van der Waals surface area contributed by atoms with E-state index in [2.05, 4.69) is 20.7 Å². The van der Waals surface area contributed by atoms with Crippen LogP contribution in [0.4, 0.5) is 11.4 Å². The number of nitrogens with zero attached hydrogens (tertiary/aromatic N) is 2. The van der Waals surface area contributed by atoms with E-state index in [9.17, 15) is 9.59 Å². The van der Waals surface area contributed by atoms with Gasteiger partial charge in [-0.25, -0.2) is 0 Å². The van der Waals surface area contributed by atoms with Crippen LogP contribution in [0.25, 0.3) is 0 Å². The third-order valence-electron chi connectivity index (χ3n) is 5.75. The van der Waals surface area contributed by atoms with Gasteiger partial charge in [-0.15, -0.1) is 0 Å². The van der Waals surface area contributed by atoms with Crippen LogP contribution < -0.4 is 15.4 Å². The Kier molecular flexibility index (Phi) is 7.04. The van der Waals surface area contributed by atoms with Crippen molar-refractivity contribution in [2.24, 2.45) is 0 Å². The van der Waals surface area contributed by atoms with Crippen LogP contribution >= 0.6 is 0 Å². The van der Waals surface area contributed by atoms with Crippen molar-refractivity contribution in [2.75, 3.05) is 30.8 Å². The molecule has 1 aliphatic rings. The first-order chi connectivity index (χ1) is 16.0. The Labute approximate surface area is 192 Å². The van der Waals surface area contributed by atoms with E-state index < -0.39 is 0 Å². The van der Waals surface area contributed by atoms with E-state index in [0.717, 1.165) is 30.8 Å². The zero-order chi connectivity index (χ0) is 23.2. The number of hydrogen-bond donors (Lipinski definition) is 2. The molecule has 1 aliphatic heterocycles. The van der Waals surface area contributed by atoms with Crippen LogP contribution in [0.3, 0.4) is 0 Å². The molecule has 1 atom stereocenters. The molecular weight excluding hydrogens is 420 g/mol. The van der Waals surface area contributed by atoms with Crippen molar-refractivity contribution in [1.82, 2.24) is 10.1 Å². The van der Waals surface area contributed by atoms with Crippen molar-refractivity contribution in [3.05, 3.63) is 71.6 Å². The average Bonchev–Trinajstić information content (AvgIpc) is 3.47. The minimum atomic E-state index is -0.250. The molecule has 0 spiro atoms. The Morgan fingerprint density at radius 1 is 1.15 bits per heavy atom. The van der Waals surface area contributed by atoms with Gasteiger partial charge in [-0.1, -0.05) is 17.3 Å². The molecule has 2 heterocycles. The molecule has 0 aliphatic carbocycles. The normalized spacial score (nSPS) is 15.9. The van der Waals surface area contributed by atoms with Crippen LogP contribution in [-0.4, -0.2) is 42.1 Å². The number of para-hydroxylation sites is 2. The van der Waals surface area contributed by atoms with Gasteiger partial charge in [0.15, 0.2) is 5.76 Å². The van der Waals surface area contributed by atoms with Crippen molar-refractivity contribution in [2.45, 2.75) is 32.2 Å². The van der Waals surface area contributed by atoms with Crippen LogP contribution in [0.15, 0.2) is 59.1 Å². The molecule has 8 heteroatoms. The molecule has 1 saturated heterocycles. The van der Waals surface area contributed by atoms with Gasteiger partial charge in [0.05, 0.1) is 24.5 Å². The van der Waals surface area contributed by atoms with Crippen molar-refractivity contribution in [3.8, 4) is 5.75 Å². The largest absolute Gasteiger partial charge is 0.495 e. The van der Waals surface area contributed by atoms with Crippen molar-refractivity contribution >= 4 is 23.2 Å². The summed E-state index contributed by atoms with van der Waals surface area (Å²) in [6.07, 6.45) is 2.46. The molecule has 0 bridgehead atoms. The van der Waals surface area contributed by atoms with E-state index in [1.54, 1.807) is 43.5 Å². The van der Waals surface area contributed by atoms with E-state index in [1.165, 1.54) is 0 Å². The molecule has 4 rings (SSSR count). The Bertz CT molecular complexity index is 1110. The molecule has 33 heavy (non-hydrogen) atoms. The Hall–Kier alpha value is -3.65. The first kappa shape index (κ1) is 22.5. The SMILES string of the molecule is COc1ccccc1NC(=O)c1ccc(NC(=O)CCN2CCCC2c2cc(C)no2)cc1. The second-order valence-corrected chi connectivity index (χ2v) is 8.09. The standard InChI is InChI=1S/C25H28N4O4/c1-17-16-23(33-28-17)21-7-5-14-29(21)15-13-24(30)26-19-11-9-18(10-12-19)25(31)27-20-6-3-4-8-22(20)32-2/h3-4,6,8-12,16,21H,5,7,13-15H2,1-2H3,(H,26,30)(H,27,31). The van der Waals surface area contributed by atoms with Crippen molar-refractivity contribution < 1.29 is 18.8 Å². The van der Waals surface area contributed by atoms with Crippen molar-refractivity contribution in [1.29, 1.82) is 0 Å². The van der Waals surface area contributed by atoms with Crippen LogP contribution in [0.1, 0.15) is 47.1 Å². The summed E-state index contributed by atoms with van der Waals surface area (Å²) < 4.78 is 10.7. The lowest BCUT2D eigenvalue weighted by Gasteiger charge is -2.21. The van der Waals surface area contributed by atoms with E-state index in [-0.39, 0.29) is 17.9 Å². The lowest BCUT2D eigenvalue weighted by atomic mass is 10.1. The minimum absolute atomic E-state index is 0.0689. The molecule has 2 amide bonds. The summed E-state index contributed by atoms with van der Waals surface area (Å²) in [7, 11) is 1.56. The first-order valence-electron chi connectivity index (χ1n) is 11.0. The number of rotatable bonds is 8. The molecule has 1 fully saturated rings. The number of carbonyl (C=O) groups excluding carboxylic acids is 2. The quantitative estimate of drug-likeness (QED) is 0.530. The first-order valence-corrected chi connectivity index (χ1v) is 11.0. The molecule has 8 nitrogen and oxygen atoms in total. The number of amides is 2. The number of benzene rings is 2. The smallest absolute Gasteiger partial charge is 0.255 e. The fourth-order valence-corrected chi connectivity index (χ4v) is 4.07. The highest BCUT2D eigenvalue weighted by Crippen LogP contribution is 2.32. The third-order valence-corrected chi connectivity index (χ3v) is 5.75. The van der Waals surface area contributed by atoms with Gasteiger partial charge in [0, 0.05) is 30.3 Å². The van der Waals surface area contributed by atoms with E-state index >= 15 is 0 Å². The lowest BCUT2D eigenvalue weighted by Crippen LogP contribution is -2.27. The Morgan fingerprint density at radius 3 is 2.67 bits per heavy atom. The molecule has 172 valence electrons. The maximum absolute atomic E-state index is 12.5. The zero-order valence-corrected chi connectivity index (χ0v) is 18.8. The van der Waals surface area contributed by atoms with Gasteiger partial charge in [-0.2, -0.15) is 0 Å². The molecule has 3 aromatic rings. The maximum atomic E-state index is 12.5. The summed E-state index contributed by atoms with van der Waals surface area (Å²) in [5.41, 5.74) is 2.61. The molecule has 0 radical (unpaired) electrons. The highest BCUT2D eigenvalue weighted by Gasteiger charge is 2.29. The Morgan fingerprint density at radius 2 is 1.94 bits per heavy atom. The molecule has 2 aromatic carbocycles. The summed E-state index contributed by atoms with van der Waals surface area (Å²) >= 11 is 0. The van der Waals surface area contributed by atoms with Gasteiger partial charge in [0.25, 0.3) is 5.91 Å². The number of aromatic nitrogens is 1. The average molecular weight is 449 g/mol. The molecule has 0 saturated carbocycles. The van der Waals surface area contributed by atoms with Crippen LogP contribution in [0.5, 0.6) is 5.75 Å². The van der Waals surface area contributed by atoms with E-state index in [0.29, 0.717) is 35.7 Å². The summed E-state index contributed by atoms with van der Waals surface area (Å²) in [5, 5.41) is 9.73. The number of nitrogens with one attached hydrogen (secondary N) is 2. The number of ether oxygens (including phenoxy) is 1. The summed E-state index contributed by atoms with van der Waals surface area (Å²) in [5.74, 6) is 1.14. The van der Waals surface area contributed by atoms with Crippen LogP contribution in [-0.2, 0) is 4.79 Å². The summed E-state index contributed by atoms with van der Waals surface area (Å²) in [4.78, 5) is 27.3. The van der Waals surface area contributed by atoms with Crippen LogP contribution in [0, 0.1) is 6.92 Å². The molecule has 1 unspecified atom stereocenters. The predicted molar refractivity (Wildman–Crippen MR) is 125 cm³/mol. The fraction of sp³-hybridized carbons (Fsp3) is 0.320. The number of aryl methyl sites for hydroxylation is 1. The van der Waals surface area contributed by atoms with E-state index in [1.807, 2.05) is 25.1 Å². The van der Waals surface area contributed by atoms with Gasteiger partial charge < -0.3 is 19.9 Å². The second kappa shape index (κ2) is 10.3. The van der Waals surface area contributed by atoms with Gasteiger partial charge in [0.2, 0.25) is 5.91 Å². The second-order valence-electron chi connectivity index (χ2n) is 8.09. The minimum Gasteiger partial charge on any atom is -0.495 e. The molecule has 1 aromatic heterocycles. The third kappa shape index (κ3) is 5.59. The van der Waals surface area contributed by atoms with E-state index in [4.69, 9.17) is 9.26 Å². The Balaban J connectivity index is 1.28. The topological polar surface area (TPSA) is 96.7 Å². The summed E-state index contributed by atoms with van der Waals surface area (Å²) in [6.45, 7) is 3.50. The van der Waals surface area contributed by atoms with Crippen molar-refractivity contribution in [3.63, 3.8) is 0 Å². The number of anilines is 2. The number of hydrogen-bond acceptors (Lipinski definition) is 6. The monoisotopic (exact) mass is 448 g/mol. The maximum Gasteiger partial charge on any atom is 0.255 e. The van der Waals surface area contributed by atoms with Crippen LogP contribution in [0.2, 0.25) is 0 Å². The highest BCUT2D eigenvalue weighted by atomic mass is 16.5. The summed E-state index contributed by atoms with van der Waals surface area (Å²) in [6, 6.07) is 16.2. The number of methoxy groups -OCH3 is 1. The highest BCUT2D eigenvalue weighted by molar-refractivity contribution is 6.05. The van der Waals surface area contributed by atoms with Gasteiger partial charge in [0.1, 0.15) is 5.75 Å². The molecule has 2 N–H and O–H groups in total. The van der Waals surface area contributed by atoms with Gasteiger partial charge in [-0.3, -0.25) is 14.5 Å². The molecular formula is C25H28N4O4. The zero-order valence-electron chi connectivity index (χ0n) is 18.8. The van der Waals surface area contributed by atoms with Gasteiger partial charge in [-0.05, 0) is 62.7 Å². The number of likely N-dealkylation sites (tertiary alicyclic amines) is 1. The predicted octanol–water partition coefficient (Wildman–Crippen LogP) is 4.41. The van der Waals surface area contributed by atoms with Gasteiger partial charge >= 0.3 is 0 Å². The number of carbonyl (C=O) groups is 2. The fourth-order valence-electron chi connectivity index (χ4n) is 4.07. The lowest BCUT2D eigenvalue weighted by molar-refractivity contribution is -0.116.